The number of nitrogens with zero attached hydrogens (tertiary/aromatic N) is 2. The van der Waals surface area contributed by atoms with Crippen LogP contribution in [0.1, 0.15) is 18.7 Å². The van der Waals surface area contributed by atoms with Gasteiger partial charge in [-0.25, -0.2) is 0 Å². The highest BCUT2D eigenvalue weighted by molar-refractivity contribution is 6.31. The van der Waals surface area contributed by atoms with Crippen molar-refractivity contribution in [2.24, 2.45) is 5.73 Å². The fourth-order valence-electron chi connectivity index (χ4n) is 1.29. The number of nitrogens with two attached hydrogens (primary N) is 1. The van der Waals surface area contributed by atoms with Crippen molar-refractivity contribution in [2.45, 2.75) is 32.1 Å². The molecule has 1 aromatic heterocycles. The second-order valence-corrected chi connectivity index (χ2v) is 3.80. The molecule has 0 spiro atoms. The highest BCUT2D eigenvalue weighted by atomic mass is 35.5. The van der Waals surface area contributed by atoms with Crippen LogP contribution in [0.25, 0.3) is 0 Å². The largest absolute Gasteiger partial charge is 0.412 e. The molecule has 0 saturated carbocycles. The van der Waals surface area contributed by atoms with E-state index < -0.39 is 18.3 Å². The molecule has 15 heavy (non-hydrogen) atoms. The van der Waals surface area contributed by atoms with Crippen molar-refractivity contribution in [2.75, 3.05) is 0 Å². The van der Waals surface area contributed by atoms with Crippen molar-refractivity contribution >= 4 is 11.6 Å². The molecule has 0 radical (unpaired) electrons. The summed E-state index contributed by atoms with van der Waals surface area (Å²) in [7, 11) is 0. The smallest absolute Gasteiger partial charge is 0.326 e. The van der Waals surface area contributed by atoms with Gasteiger partial charge in [0.15, 0.2) is 6.04 Å². The van der Waals surface area contributed by atoms with Gasteiger partial charge in [0.1, 0.15) is 0 Å². The minimum atomic E-state index is -4.43. The zero-order chi connectivity index (χ0) is 11.8. The zero-order valence-electron chi connectivity index (χ0n) is 8.22. The SMILES string of the molecule is Cc1nn(C(C(C)N)C(F)(F)F)cc1Cl. The van der Waals surface area contributed by atoms with Gasteiger partial charge in [-0.05, 0) is 13.8 Å². The first-order chi connectivity index (χ1) is 6.73. The van der Waals surface area contributed by atoms with Crippen molar-refractivity contribution < 1.29 is 13.2 Å². The third-order valence-corrected chi connectivity index (χ3v) is 2.35. The van der Waals surface area contributed by atoms with E-state index in [9.17, 15) is 13.2 Å². The molecule has 0 aromatic carbocycles. The highest BCUT2D eigenvalue weighted by Crippen LogP contribution is 2.33. The van der Waals surface area contributed by atoms with Gasteiger partial charge in [-0.2, -0.15) is 18.3 Å². The summed E-state index contributed by atoms with van der Waals surface area (Å²) in [4.78, 5) is 0. The minimum Gasteiger partial charge on any atom is -0.326 e. The van der Waals surface area contributed by atoms with Crippen LogP contribution in [0, 0.1) is 6.92 Å². The van der Waals surface area contributed by atoms with Crippen LogP contribution in [-0.4, -0.2) is 22.0 Å². The number of alkyl halides is 3. The summed E-state index contributed by atoms with van der Waals surface area (Å²) in [5.74, 6) is 0. The van der Waals surface area contributed by atoms with E-state index in [1.807, 2.05) is 0 Å². The first-order valence-electron chi connectivity index (χ1n) is 4.27. The predicted octanol–water partition coefficient (Wildman–Crippen LogP) is 2.30. The van der Waals surface area contributed by atoms with E-state index in [-0.39, 0.29) is 5.02 Å². The van der Waals surface area contributed by atoms with E-state index in [4.69, 9.17) is 17.3 Å². The van der Waals surface area contributed by atoms with Gasteiger partial charge in [0, 0.05) is 12.2 Å². The second-order valence-electron chi connectivity index (χ2n) is 3.39. The van der Waals surface area contributed by atoms with Crippen LogP contribution in [0.2, 0.25) is 5.02 Å². The Bertz CT molecular complexity index is 326. The Hall–Kier alpha value is -0.750. The van der Waals surface area contributed by atoms with E-state index in [0.717, 1.165) is 10.9 Å². The Morgan fingerprint density at radius 3 is 2.33 bits per heavy atom. The molecular formula is C8H11ClF3N3. The zero-order valence-corrected chi connectivity index (χ0v) is 8.97. The number of aromatic nitrogens is 2. The van der Waals surface area contributed by atoms with Gasteiger partial charge < -0.3 is 5.73 Å². The first-order valence-corrected chi connectivity index (χ1v) is 4.65. The second kappa shape index (κ2) is 4.02. The van der Waals surface area contributed by atoms with Crippen LogP contribution < -0.4 is 5.73 Å². The summed E-state index contributed by atoms with van der Waals surface area (Å²) < 4.78 is 38.6. The van der Waals surface area contributed by atoms with Crippen LogP contribution in [0.3, 0.4) is 0 Å². The maximum atomic E-state index is 12.6. The molecule has 1 heterocycles. The molecule has 2 unspecified atom stereocenters. The summed E-state index contributed by atoms with van der Waals surface area (Å²) in [6.07, 6.45) is -3.30. The van der Waals surface area contributed by atoms with Crippen molar-refractivity contribution in [3.8, 4) is 0 Å². The number of aryl methyl sites for hydroxylation is 1. The van der Waals surface area contributed by atoms with Crippen LogP contribution in [0.5, 0.6) is 0 Å². The summed E-state index contributed by atoms with van der Waals surface area (Å²) in [6.45, 7) is 2.82. The molecule has 0 fully saturated rings. The third-order valence-electron chi connectivity index (χ3n) is 1.98. The van der Waals surface area contributed by atoms with Crippen molar-refractivity contribution in [1.82, 2.24) is 9.78 Å². The quantitative estimate of drug-likeness (QED) is 0.863. The Kier molecular flexibility index (Phi) is 3.30. The Morgan fingerprint density at radius 1 is 1.53 bits per heavy atom. The molecule has 1 aromatic rings. The van der Waals surface area contributed by atoms with Gasteiger partial charge in [-0.15, -0.1) is 0 Å². The van der Waals surface area contributed by atoms with E-state index in [1.54, 1.807) is 0 Å². The molecule has 0 aliphatic heterocycles. The topological polar surface area (TPSA) is 43.8 Å². The molecule has 2 N–H and O–H groups in total. The Labute approximate surface area is 90.0 Å². The molecule has 0 bridgehead atoms. The summed E-state index contributed by atoms with van der Waals surface area (Å²) in [5, 5.41) is 3.88. The number of halogens is 4. The molecule has 1 rings (SSSR count). The summed E-state index contributed by atoms with van der Waals surface area (Å²) in [6, 6.07) is -2.93. The van der Waals surface area contributed by atoms with Crippen molar-refractivity contribution in [1.29, 1.82) is 0 Å². The predicted molar refractivity (Wildman–Crippen MR) is 50.7 cm³/mol. The molecule has 0 saturated heterocycles. The molecule has 7 heteroatoms. The maximum Gasteiger partial charge on any atom is 0.412 e. The van der Waals surface area contributed by atoms with Gasteiger partial charge in [-0.1, -0.05) is 11.6 Å². The lowest BCUT2D eigenvalue weighted by Crippen LogP contribution is -2.40. The number of hydrogen-bond acceptors (Lipinski definition) is 2. The fourth-order valence-corrected chi connectivity index (χ4v) is 1.43. The maximum absolute atomic E-state index is 12.6. The molecule has 3 nitrogen and oxygen atoms in total. The van der Waals surface area contributed by atoms with Crippen molar-refractivity contribution in [3.05, 3.63) is 16.9 Å². The van der Waals surface area contributed by atoms with Crippen LogP contribution in [0.4, 0.5) is 13.2 Å². The van der Waals surface area contributed by atoms with Gasteiger partial charge in [0.25, 0.3) is 0 Å². The highest BCUT2D eigenvalue weighted by Gasteiger charge is 2.44. The molecule has 0 aliphatic carbocycles. The molecule has 0 aliphatic rings. The van der Waals surface area contributed by atoms with E-state index in [2.05, 4.69) is 5.10 Å². The monoisotopic (exact) mass is 241 g/mol. The lowest BCUT2D eigenvalue weighted by molar-refractivity contribution is -0.174. The van der Waals surface area contributed by atoms with Gasteiger partial charge in [0.2, 0.25) is 0 Å². The first kappa shape index (κ1) is 12.3. The van der Waals surface area contributed by atoms with Gasteiger partial charge in [-0.3, -0.25) is 4.68 Å². The normalized spacial score (nSPS) is 16.5. The Morgan fingerprint density at radius 2 is 2.07 bits per heavy atom. The van der Waals surface area contributed by atoms with E-state index in [0.29, 0.717) is 5.69 Å². The van der Waals surface area contributed by atoms with E-state index >= 15 is 0 Å². The lowest BCUT2D eigenvalue weighted by atomic mass is 10.1. The molecule has 0 amide bonds. The number of hydrogen-bond donors (Lipinski definition) is 1. The Balaban J connectivity index is 3.11. The lowest BCUT2D eigenvalue weighted by Gasteiger charge is -2.23. The summed E-state index contributed by atoms with van der Waals surface area (Å²) in [5.41, 5.74) is 5.64. The number of rotatable bonds is 2. The van der Waals surface area contributed by atoms with Crippen LogP contribution >= 0.6 is 11.6 Å². The fraction of sp³-hybridized carbons (Fsp3) is 0.625. The van der Waals surface area contributed by atoms with Gasteiger partial charge >= 0.3 is 6.18 Å². The molecule has 86 valence electrons. The average molecular weight is 242 g/mol. The van der Waals surface area contributed by atoms with Crippen LogP contribution in [-0.2, 0) is 0 Å². The summed E-state index contributed by atoms with van der Waals surface area (Å²) >= 11 is 5.64. The minimum absolute atomic E-state index is 0.199. The molecule has 2 atom stereocenters. The van der Waals surface area contributed by atoms with E-state index in [1.165, 1.54) is 13.8 Å². The average Bonchev–Trinajstić information content (AvgIpc) is 2.27. The van der Waals surface area contributed by atoms with Crippen molar-refractivity contribution in [3.63, 3.8) is 0 Å². The standard InChI is InChI=1S/C8H11ClF3N3/c1-4(13)7(8(10,11)12)15-3-6(9)5(2)14-15/h3-4,7H,13H2,1-2H3. The van der Waals surface area contributed by atoms with Crippen LogP contribution in [0.15, 0.2) is 6.20 Å². The van der Waals surface area contributed by atoms with Gasteiger partial charge in [0.05, 0.1) is 10.7 Å². The third kappa shape index (κ3) is 2.63. The molecular weight excluding hydrogens is 231 g/mol.